The summed E-state index contributed by atoms with van der Waals surface area (Å²) in [6.07, 6.45) is 3.03. The molecule has 0 saturated heterocycles. The highest BCUT2D eigenvalue weighted by Gasteiger charge is 2.10. The number of rotatable bonds is 6. The van der Waals surface area contributed by atoms with Gasteiger partial charge in [0, 0.05) is 24.9 Å². The van der Waals surface area contributed by atoms with Crippen LogP contribution in [-0.2, 0) is 4.79 Å². The van der Waals surface area contributed by atoms with Gasteiger partial charge < -0.3 is 14.8 Å². The molecule has 6 nitrogen and oxygen atoms in total. The quantitative estimate of drug-likeness (QED) is 0.785. The molecule has 0 aromatic carbocycles. The van der Waals surface area contributed by atoms with Gasteiger partial charge >= 0.3 is 5.97 Å². The number of carbonyl (C=O) groups excluding carboxylic acids is 1. The highest BCUT2D eigenvalue weighted by Crippen LogP contribution is 2.08. The van der Waals surface area contributed by atoms with Crippen LogP contribution in [0.1, 0.15) is 35.4 Å². The lowest BCUT2D eigenvalue weighted by Crippen LogP contribution is -2.24. The molecule has 2 aromatic heterocycles. The van der Waals surface area contributed by atoms with E-state index in [2.05, 4.69) is 10.3 Å². The van der Waals surface area contributed by atoms with Crippen molar-refractivity contribution in [2.45, 2.75) is 26.2 Å². The van der Waals surface area contributed by atoms with Crippen LogP contribution in [0.3, 0.4) is 0 Å². The molecule has 0 aliphatic carbocycles. The normalized spacial score (nSPS) is 10.7. The second-order valence-electron chi connectivity index (χ2n) is 4.63. The molecule has 0 unspecified atom stereocenters. The van der Waals surface area contributed by atoms with Gasteiger partial charge in [-0.15, -0.1) is 0 Å². The second kappa shape index (κ2) is 6.18. The minimum atomic E-state index is -0.813. The number of nitrogens with zero attached hydrogens (tertiary/aromatic N) is 2. The lowest BCUT2D eigenvalue weighted by molar-refractivity contribution is -0.137. The predicted octanol–water partition coefficient (Wildman–Crippen LogP) is 1.63. The smallest absolute Gasteiger partial charge is 0.303 e. The van der Waals surface area contributed by atoms with Gasteiger partial charge in [-0.2, -0.15) is 0 Å². The van der Waals surface area contributed by atoms with Crippen LogP contribution in [-0.4, -0.2) is 32.9 Å². The molecule has 2 heterocycles. The lowest BCUT2D eigenvalue weighted by Gasteiger charge is -2.01. The molecule has 0 aliphatic heterocycles. The van der Waals surface area contributed by atoms with Crippen LogP contribution in [0.25, 0.3) is 5.65 Å². The summed E-state index contributed by atoms with van der Waals surface area (Å²) < 4.78 is 1.86. The fourth-order valence-electron chi connectivity index (χ4n) is 1.95. The van der Waals surface area contributed by atoms with Crippen LogP contribution in [0.2, 0.25) is 0 Å². The van der Waals surface area contributed by atoms with Crippen LogP contribution in [0.5, 0.6) is 0 Å². The van der Waals surface area contributed by atoms with Crippen molar-refractivity contribution in [3.63, 3.8) is 0 Å². The zero-order valence-corrected chi connectivity index (χ0v) is 11.3. The first kappa shape index (κ1) is 14.0. The molecule has 6 heteroatoms. The Balaban J connectivity index is 1.91. The Morgan fingerprint density at radius 2 is 2.15 bits per heavy atom. The summed E-state index contributed by atoms with van der Waals surface area (Å²) >= 11 is 0. The molecule has 1 amide bonds. The number of fused-ring (bicyclic) bond motifs is 1. The molecule has 20 heavy (non-hydrogen) atoms. The van der Waals surface area contributed by atoms with Gasteiger partial charge in [0.15, 0.2) is 0 Å². The average molecular weight is 275 g/mol. The number of amides is 1. The van der Waals surface area contributed by atoms with Gasteiger partial charge in [-0.3, -0.25) is 9.59 Å². The van der Waals surface area contributed by atoms with Gasteiger partial charge in [-0.05, 0) is 31.9 Å². The number of aliphatic carboxylic acids is 1. The molecule has 0 spiro atoms. The molecule has 2 N–H and O–H groups in total. The minimum absolute atomic E-state index is 0.128. The zero-order chi connectivity index (χ0) is 14.5. The summed E-state index contributed by atoms with van der Waals surface area (Å²) in [5, 5.41) is 11.3. The van der Waals surface area contributed by atoms with Gasteiger partial charge in [0.1, 0.15) is 11.3 Å². The van der Waals surface area contributed by atoms with E-state index in [9.17, 15) is 9.59 Å². The van der Waals surface area contributed by atoms with Crippen molar-refractivity contribution in [2.75, 3.05) is 6.54 Å². The van der Waals surface area contributed by atoms with E-state index >= 15 is 0 Å². The summed E-state index contributed by atoms with van der Waals surface area (Å²) in [7, 11) is 0. The molecule has 0 aliphatic rings. The van der Waals surface area contributed by atoms with Gasteiger partial charge in [-0.1, -0.05) is 6.07 Å². The van der Waals surface area contributed by atoms with Crippen LogP contribution in [0.4, 0.5) is 0 Å². The summed E-state index contributed by atoms with van der Waals surface area (Å²) in [5.74, 6) is -1.05. The highest BCUT2D eigenvalue weighted by molar-refractivity contribution is 5.92. The number of pyridine rings is 1. The Labute approximate surface area is 116 Å². The molecular weight excluding hydrogens is 258 g/mol. The van der Waals surface area contributed by atoms with E-state index in [0.717, 1.165) is 11.3 Å². The third-order valence-electron chi connectivity index (χ3n) is 3.03. The number of carbonyl (C=O) groups is 2. The number of aryl methyl sites for hydroxylation is 1. The lowest BCUT2D eigenvalue weighted by atomic mass is 10.2. The Bertz CT molecular complexity index is 634. The number of hydrogen-bond acceptors (Lipinski definition) is 3. The van der Waals surface area contributed by atoms with E-state index in [-0.39, 0.29) is 12.3 Å². The Hall–Kier alpha value is -2.37. The first-order chi connectivity index (χ1) is 9.58. The molecule has 2 rings (SSSR count). The zero-order valence-electron chi connectivity index (χ0n) is 11.3. The number of aromatic nitrogens is 2. The molecule has 0 bridgehead atoms. The Morgan fingerprint density at radius 3 is 2.85 bits per heavy atom. The fourth-order valence-corrected chi connectivity index (χ4v) is 1.95. The summed E-state index contributed by atoms with van der Waals surface area (Å²) in [4.78, 5) is 26.5. The SMILES string of the molecule is Cc1cccc2nc(C(=O)NCCCCC(=O)O)cn12. The van der Waals surface area contributed by atoms with Gasteiger partial charge in [0.25, 0.3) is 5.91 Å². The minimum Gasteiger partial charge on any atom is -0.481 e. The van der Waals surface area contributed by atoms with Gasteiger partial charge in [0.2, 0.25) is 0 Å². The number of carboxylic acid groups (broad SMARTS) is 1. The van der Waals surface area contributed by atoms with E-state index in [1.165, 1.54) is 0 Å². The number of imidazole rings is 1. The summed E-state index contributed by atoms with van der Waals surface area (Å²) in [6.45, 7) is 2.40. The summed E-state index contributed by atoms with van der Waals surface area (Å²) in [5.41, 5.74) is 2.12. The van der Waals surface area contributed by atoms with E-state index < -0.39 is 5.97 Å². The first-order valence-electron chi connectivity index (χ1n) is 6.52. The third kappa shape index (κ3) is 3.34. The number of hydrogen-bond donors (Lipinski definition) is 2. The van der Waals surface area contributed by atoms with Gasteiger partial charge in [-0.25, -0.2) is 4.98 Å². The van der Waals surface area contributed by atoms with Crippen LogP contribution in [0, 0.1) is 6.92 Å². The van der Waals surface area contributed by atoms with Crippen molar-refractivity contribution in [2.24, 2.45) is 0 Å². The van der Waals surface area contributed by atoms with Crippen molar-refractivity contribution >= 4 is 17.5 Å². The van der Waals surface area contributed by atoms with E-state index in [0.29, 0.717) is 25.1 Å². The number of unbranched alkanes of at least 4 members (excludes halogenated alkanes) is 1. The van der Waals surface area contributed by atoms with Crippen molar-refractivity contribution in [3.05, 3.63) is 35.8 Å². The molecule has 0 atom stereocenters. The van der Waals surface area contributed by atoms with E-state index in [1.807, 2.05) is 29.5 Å². The monoisotopic (exact) mass is 275 g/mol. The molecule has 0 radical (unpaired) electrons. The van der Waals surface area contributed by atoms with Crippen molar-refractivity contribution in [1.82, 2.24) is 14.7 Å². The maximum absolute atomic E-state index is 11.9. The van der Waals surface area contributed by atoms with Crippen LogP contribution in [0.15, 0.2) is 24.4 Å². The average Bonchev–Trinajstić information content (AvgIpc) is 2.83. The number of carboxylic acids is 1. The molecule has 2 aromatic rings. The van der Waals surface area contributed by atoms with E-state index in [1.54, 1.807) is 6.20 Å². The summed E-state index contributed by atoms with van der Waals surface area (Å²) in [6, 6.07) is 5.68. The molecule has 0 fully saturated rings. The largest absolute Gasteiger partial charge is 0.481 e. The van der Waals surface area contributed by atoms with Crippen LogP contribution >= 0.6 is 0 Å². The third-order valence-corrected chi connectivity index (χ3v) is 3.03. The number of nitrogens with one attached hydrogen (secondary N) is 1. The van der Waals surface area contributed by atoms with Crippen LogP contribution < -0.4 is 5.32 Å². The van der Waals surface area contributed by atoms with Crippen molar-refractivity contribution < 1.29 is 14.7 Å². The molecular formula is C14H17N3O3. The fraction of sp³-hybridized carbons (Fsp3) is 0.357. The maximum Gasteiger partial charge on any atom is 0.303 e. The van der Waals surface area contributed by atoms with E-state index in [4.69, 9.17) is 5.11 Å². The van der Waals surface area contributed by atoms with Gasteiger partial charge in [0.05, 0.1) is 0 Å². The first-order valence-corrected chi connectivity index (χ1v) is 6.52. The Morgan fingerprint density at radius 1 is 1.35 bits per heavy atom. The highest BCUT2D eigenvalue weighted by atomic mass is 16.4. The van der Waals surface area contributed by atoms with Crippen molar-refractivity contribution in [3.8, 4) is 0 Å². The Kier molecular flexibility index (Phi) is 4.34. The molecule has 0 saturated carbocycles. The molecule has 106 valence electrons. The predicted molar refractivity (Wildman–Crippen MR) is 73.7 cm³/mol. The maximum atomic E-state index is 11.9. The second-order valence-corrected chi connectivity index (χ2v) is 4.63. The standard InChI is InChI=1S/C14H17N3O3/c1-10-5-4-6-12-16-11(9-17(10)12)14(20)15-8-3-2-7-13(18)19/h4-6,9H,2-3,7-8H2,1H3,(H,15,20)(H,18,19). The topological polar surface area (TPSA) is 83.7 Å². The van der Waals surface area contributed by atoms with Crippen molar-refractivity contribution in [1.29, 1.82) is 0 Å².